The van der Waals surface area contributed by atoms with Crippen LogP contribution in [0.25, 0.3) is 0 Å². The molecule has 0 aromatic heterocycles. The van der Waals surface area contributed by atoms with Gasteiger partial charge in [0.2, 0.25) is 5.91 Å². The summed E-state index contributed by atoms with van der Waals surface area (Å²) in [7, 11) is -5.08. The lowest BCUT2D eigenvalue weighted by Crippen LogP contribution is -2.61. The summed E-state index contributed by atoms with van der Waals surface area (Å²) in [5.41, 5.74) is 0. The number of aliphatic hydroxyl groups is 4. The summed E-state index contributed by atoms with van der Waals surface area (Å²) in [6, 6.07) is -0.852. The molecule has 6 N–H and O–H groups in total. The third-order valence-electron chi connectivity index (χ3n) is 14.2. The highest BCUT2D eigenvalue weighted by Gasteiger charge is 2.48. The highest BCUT2D eigenvalue weighted by atomic mass is 32.3. The predicted molar refractivity (Wildman–Crippen MR) is 278 cm³/mol. The van der Waals surface area contributed by atoms with Crippen molar-refractivity contribution in [3.8, 4) is 0 Å². The minimum absolute atomic E-state index is 0.222. The van der Waals surface area contributed by atoms with Crippen molar-refractivity contribution in [2.75, 3.05) is 13.2 Å². The molecular weight excluding hydrogens is 883 g/mol. The number of carbonyl (C=O) groups is 1. The summed E-state index contributed by atoms with van der Waals surface area (Å²) in [5.74, 6) is -0.222. The lowest BCUT2D eigenvalue weighted by molar-refractivity contribution is -0.298. The van der Waals surface area contributed by atoms with E-state index in [0.717, 1.165) is 51.4 Å². The number of ether oxygens (including phenoxy) is 2. The molecule has 0 aromatic carbocycles. The van der Waals surface area contributed by atoms with Gasteiger partial charge in [-0.05, 0) is 12.8 Å². The minimum Gasteiger partial charge on any atom is -0.394 e. The highest BCUT2D eigenvalue weighted by Crippen LogP contribution is 2.26. The lowest BCUT2D eigenvalue weighted by Gasteiger charge is -2.41. The number of rotatable bonds is 51. The Labute approximate surface area is 418 Å². The monoisotopic (exact) mass is 992 g/mol. The van der Waals surface area contributed by atoms with E-state index in [9.17, 15) is 38.2 Å². The normalized spacial score (nSPS) is 19.7. The van der Waals surface area contributed by atoms with E-state index in [1.54, 1.807) is 0 Å². The van der Waals surface area contributed by atoms with E-state index in [0.29, 0.717) is 12.8 Å². The fourth-order valence-corrected chi connectivity index (χ4v) is 10.2. The molecule has 0 aromatic rings. The first-order valence-corrected chi connectivity index (χ1v) is 30.3. The molecule has 1 rings (SSSR count). The standard InChI is InChI=1S/C55H109NO11S/c1-3-5-7-9-11-13-15-17-19-20-21-22-23-24-25-26-27-28-29-31-33-35-37-39-41-43-45-51(59)56-48(47-65-55-53(61)54(67-68(62,63)64)52(60)50(46-57)66-55)49(58)44-42-40-38-36-34-32-30-18-16-14-12-10-8-6-4-2/h48-50,52-55,57-58,60-61H,3-47H2,1-2H3,(H,56,59)(H,62,63,64). The molecule has 68 heavy (non-hydrogen) atoms. The molecule has 13 heteroatoms. The summed E-state index contributed by atoms with van der Waals surface area (Å²) in [6.45, 7) is 3.50. The molecule has 1 amide bonds. The van der Waals surface area contributed by atoms with Gasteiger partial charge < -0.3 is 35.2 Å². The molecule has 406 valence electrons. The van der Waals surface area contributed by atoms with Crippen molar-refractivity contribution < 1.29 is 51.8 Å². The Bertz CT molecular complexity index is 1210. The maximum atomic E-state index is 13.1. The smallest absolute Gasteiger partial charge is 0.394 e. The Kier molecular flexibility index (Phi) is 44.0. The molecule has 1 aliphatic rings. The average Bonchev–Trinajstić information content (AvgIpc) is 3.31. The van der Waals surface area contributed by atoms with Gasteiger partial charge in [0.1, 0.15) is 24.4 Å². The Morgan fingerprint density at radius 1 is 0.529 bits per heavy atom. The van der Waals surface area contributed by atoms with Gasteiger partial charge in [-0.15, -0.1) is 0 Å². The van der Waals surface area contributed by atoms with Gasteiger partial charge in [-0.25, -0.2) is 4.18 Å². The van der Waals surface area contributed by atoms with Gasteiger partial charge in [-0.2, -0.15) is 8.42 Å². The van der Waals surface area contributed by atoms with Crippen molar-refractivity contribution in [3.63, 3.8) is 0 Å². The van der Waals surface area contributed by atoms with Gasteiger partial charge in [0.25, 0.3) is 0 Å². The maximum absolute atomic E-state index is 13.1. The average molecular weight is 993 g/mol. The van der Waals surface area contributed by atoms with Crippen molar-refractivity contribution in [1.82, 2.24) is 5.32 Å². The fraction of sp³-hybridized carbons (Fsp3) is 0.982. The van der Waals surface area contributed by atoms with Crippen molar-refractivity contribution in [1.29, 1.82) is 0 Å². The number of carbonyl (C=O) groups excluding carboxylic acids is 1. The van der Waals surface area contributed by atoms with Crippen LogP contribution in [0, 0.1) is 0 Å². The topological polar surface area (TPSA) is 192 Å². The van der Waals surface area contributed by atoms with Gasteiger partial charge >= 0.3 is 10.4 Å². The molecule has 1 aliphatic heterocycles. The van der Waals surface area contributed by atoms with Crippen LogP contribution < -0.4 is 5.32 Å². The number of hydrogen-bond donors (Lipinski definition) is 6. The Morgan fingerprint density at radius 2 is 0.853 bits per heavy atom. The maximum Gasteiger partial charge on any atom is 0.397 e. The lowest BCUT2D eigenvalue weighted by atomic mass is 9.99. The summed E-state index contributed by atoms with van der Waals surface area (Å²) in [4.78, 5) is 13.1. The summed E-state index contributed by atoms with van der Waals surface area (Å²) >= 11 is 0. The second-order valence-electron chi connectivity index (χ2n) is 20.6. The number of amides is 1. The third-order valence-corrected chi connectivity index (χ3v) is 14.6. The van der Waals surface area contributed by atoms with Crippen molar-refractivity contribution in [2.24, 2.45) is 0 Å². The van der Waals surface area contributed by atoms with Gasteiger partial charge in [0, 0.05) is 6.42 Å². The molecule has 0 spiro atoms. The zero-order valence-corrected chi connectivity index (χ0v) is 44.8. The van der Waals surface area contributed by atoms with Crippen LogP contribution in [0.15, 0.2) is 0 Å². The zero-order valence-electron chi connectivity index (χ0n) is 44.0. The fourth-order valence-electron chi connectivity index (χ4n) is 9.70. The van der Waals surface area contributed by atoms with Gasteiger partial charge in [-0.1, -0.05) is 271 Å². The number of unbranched alkanes of at least 4 members (excludes halogenated alkanes) is 39. The molecule has 0 aliphatic carbocycles. The molecule has 1 fully saturated rings. The first-order chi connectivity index (χ1) is 33.0. The van der Waals surface area contributed by atoms with E-state index in [1.165, 1.54) is 212 Å². The van der Waals surface area contributed by atoms with E-state index >= 15 is 0 Å². The van der Waals surface area contributed by atoms with E-state index in [2.05, 4.69) is 23.3 Å². The molecular formula is C55H109NO11S. The van der Waals surface area contributed by atoms with Crippen molar-refractivity contribution in [2.45, 2.75) is 333 Å². The highest BCUT2D eigenvalue weighted by molar-refractivity contribution is 7.80. The van der Waals surface area contributed by atoms with Gasteiger partial charge in [0.05, 0.1) is 25.4 Å². The van der Waals surface area contributed by atoms with Crippen LogP contribution in [0.5, 0.6) is 0 Å². The van der Waals surface area contributed by atoms with Gasteiger partial charge in [0.15, 0.2) is 6.29 Å². The van der Waals surface area contributed by atoms with Crippen molar-refractivity contribution >= 4 is 16.3 Å². The first-order valence-electron chi connectivity index (χ1n) is 28.9. The quantitative estimate of drug-likeness (QED) is 0.0251. The number of hydrogen-bond acceptors (Lipinski definition) is 10. The zero-order chi connectivity index (χ0) is 49.8. The minimum atomic E-state index is -5.08. The SMILES string of the molecule is CCCCCCCCCCCCCCCCCCCCCCCCCCCCC(=O)NC(COC1OC(CO)C(O)C(OS(=O)(=O)O)C1O)C(O)CCCCCCCCCCCCCCCCC. The second kappa shape index (κ2) is 45.9. The van der Waals surface area contributed by atoms with Crippen LogP contribution in [-0.4, -0.2) is 95.4 Å². The van der Waals surface area contributed by atoms with Crippen LogP contribution in [-0.2, 0) is 28.9 Å². The van der Waals surface area contributed by atoms with Crippen molar-refractivity contribution in [3.05, 3.63) is 0 Å². The Balaban J connectivity index is 2.30. The summed E-state index contributed by atoms with van der Waals surface area (Å²) in [5, 5.41) is 45.1. The number of nitrogens with one attached hydrogen (secondary N) is 1. The Morgan fingerprint density at radius 3 is 1.18 bits per heavy atom. The van der Waals surface area contributed by atoms with E-state index in [4.69, 9.17) is 9.47 Å². The molecule has 1 heterocycles. The van der Waals surface area contributed by atoms with Crippen LogP contribution >= 0.6 is 0 Å². The molecule has 1 saturated heterocycles. The van der Waals surface area contributed by atoms with E-state index < -0.39 is 59.9 Å². The first kappa shape index (κ1) is 65.1. The molecule has 12 nitrogen and oxygen atoms in total. The van der Waals surface area contributed by atoms with Gasteiger partial charge in [-0.3, -0.25) is 9.35 Å². The molecule has 0 radical (unpaired) electrons. The molecule has 7 atom stereocenters. The molecule has 0 saturated carbocycles. The molecule has 7 unspecified atom stereocenters. The summed E-state index contributed by atoms with van der Waals surface area (Å²) in [6.07, 6.45) is 44.0. The summed E-state index contributed by atoms with van der Waals surface area (Å²) < 4.78 is 47.9. The third kappa shape index (κ3) is 37.8. The van der Waals surface area contributed by atoms with E-state index in [1.807, 2.05) is 0 Å². The van der Waals surface area contributed by atoms with E-state index in [-0.39, 0.29) is 12.5 Å². The van der Waals surface area contributed by atoms with Crippen LogP contribution in [0.3, 0.4) is 0 Å². The van der Waals surface area contributed by atoms with Crippen LogP contribution in [0.4, 0.5) is 0 Å². The van der Waals surface area contributed by atoms with Crippen LogP contribution in [0.1, 0.15) is 290 Å². The predicted octanol–water partition coefficient (Wildman–Crippen LogP) is 13.3. The Hall–Kier alpha value is -0.900. The number of aliphatic hydroxyl groups excluding tert-OH is 4. The largest absolute Gasteiger partial charge is 0.397 e. The second-order valence-corrected chi connectivity index (χ2v) is 21.6. The van der Waals surface area contributed by atoms with Crippen LogP contribution in [0.2, 0.25) is 0 Å². The molecule has 0 bridgehead atoms.